The van der Waals surface area contributed by atoms with Crippen molar-refractivity contribution in [1.29, 1.82) is 0 Å². The lowest BCUT2D eigenvalue weighted by molar-refractivity contribution is -0.148. The van der Waals surface area contributed by atoms with Crippen molar-refractivity contribution in [2.45, 2.75) is 45.2 Å². The summed E-state index contributed by atoms with van der Waals surface area (Å²) in [7, 11) is 0. The Morgan fingerprint density at radius 3 is 2.62 bits per heavy atom. The van der Waals surface area contributed by atoms with Gasteiger partial charge in [0.05, 0.1) is 6.04 Å². The van der Waals surface area contributed by atoms with Crippen LogP contribution in [0.15, 0.2) is 0 Å². The van der Waals surface area contributed by atoms with E-state index in [1.54, 1.807) is 0 Å². The van der Waals surface area contributed by atoms with Gasteiger partial charge in [0.2, 0.25) is 5.91 Å². The van der Waals surface area contributed by atoms with E-state index < -0.39 is 18.1 Å². The number of aliphatic carboxylic acids is 1. The molecule has 0 spiro atoms. The molecule has 1 saturated heterocycles. The Hall–Kier alpha value is -1.10. The second-order valence-electron chi connectivity index (χ2n) is 4.76. The fraction of sp³-hybridized carbons (Fsp3) is 0.818. The van der Waals surface area contributed by atoms with Gasteiger partial charge in [-0.25, -0.2) is 4.79 Å². The average Bonchev–Trinajstić information content (AvgIpc) is 2.63. The summed E-state index contributed by atoms with van der Waals surface area (Å²) in [6, 6.07) is -1.24. The predicted molar refractivity (Wildman–Crippen MR) is 59.8 cm³/mol. The van der Waals surface area contributed by atoms with E-state index in [0.717, 1.165) is 6.42 Å². The van der Waals surface area contributed by atoms with Gasteiger partial charge in [0.15, 0.2) is 0 Å². The molecule has 1 aliphatic heterocycles. The molecule has 0 radical (unpaired) electrons. The highest BCUT2D eigenvalue weighted by Crippen LogP contribution is 2.19. The van der Waals surface area contributed by atoms with E-state index in [4.69, 9.17) is 10.8 Å². The van der Waals surface area contributed by atoms with Gasteiger partial charge < -0.3 is 15.7 Å². The van der Waals surface area contributed by atoms with Crippen LogP contribution in [0.2, 0.25) is 0 Å². The number of carboxylic acid groups (broad SMARTS) is 1. The molecular weight excluding hydrogens is 208 g/mol. The van der Waals surface area contributed by atoms with Crippen molar-refractivity contribution < 1.29 is 14.7 Å². The minimum absolute atomic E-state index is 0.224. The number of carboxylic acids is 1. The summed E-state index contributed by atoms with van der Waals surface area (Å²) in [5.41, 5.74) is 5.78. The Balaban J connectivity index is 2.62. The van der Waals surface area contributed by atoms with E-state index in [0.29, 0.717) is 25.3 Å². The Bertz CT molecular complexity index is 278. The van der Waals surface area contributed by atoms with E-state index in [2.05, 4.69) is 0 Å². The van der Waals surface area contributed by atoms with Gasteiger partial charge >= 0.3 is 5.97 Å². The lowest BCUT2D eigenvalue weighted by atomic mass is 10.0. The monoisotopic (exact) mass is 228 g/mol. The molecule has 5 heteroatoms. The topological polar surface area (TPSA) is 83.6 Å². The summed E-state index contributed by atoms with van der Waals surface area (Å²) in [5.74, 6) is -0.814. The van der Waals surface area contributed by atoms with Gasteiger partial charge in [-0.05, 0) is 25.2 Å². The van der Waals surface area contributed by atoms with E-state index in [1.807, 2.05) is 13.8 Å². The molecule has 1 aliphatic rings. The summed E-state index contributed by atoms with van der Waals surface area (Å²) in [6.45, 7) is 4.50. The molecule has 92 valence electrons. The predicted octanol–water partition coefficient (Wildman–Crippen LogP) is 0.435. The van der Waals surface area contributed by atoms with Crippen molar-refractivity contribution in [3.05, 3.63) is 0 Å². The van der Waals surface area contributed by atoms with Crippen LogP contribution in [0.25, 0.3) is 0 Å². The van der Waals surface area contributed by atoms with Crippen LogP contribution in [-0.2, 0) is 9.59 Å². The van der Waals surface area contributed by atoms with Crippen LogP contribution in [0.5, 0.6) is 0 Å². The summed E-state index contributed by atoms with van der Waals surface area (Å²) in [6.07, 6.45) is 1.88. The van der Waals surface area contributed by atoms with Gasteiger partial charge in [-0.1, -0.05) is 13.8 Å². The lowest BCUT2D eigenvalue weighted by Gasteiger charge is -2.25. The molecule has 1 unspecified atom stereocenters. The minimum atomic E-state index is -0.928. The first-order valence-corrected chi connectivity index (χ1v) is 5.72. The highest BCUT2D eigenvalue weighted by Gasteiger charge is 2.35. The first-order valence-electron chi connectivity index (χ1n) is 5.72. The van der Waals surface area contributed by atoms with E-state index in [9.17, 15) is 9.59 Å². The van der Waals surface area contributed by atoms with Crippen LogP contribution in [0.3, 0.4) is 0 Å². The van der Waals surface area contributed by atoms with Crippen LogP contribution in [0.4, 0.5) is 0 Å². The number of rotatable bonds is 4. The maximum Gasteiger partial charge on any atom is 0.326 e. The van der Waals surface area contributed by atoms with Crippen molar-refractivity contribution in [3.63, 3.8) is 0 Å². The molecule has 3 N–H and O–H groups in total. The van der Waals surface area contributed by atoms with Crippen LogP contribution >= 0.6 is 0 Å². The number of carbonyl (C=O) groups excluding carboxylic acids is 1. The number of hydrogen-bond acceptors (Lipinski definition) is 3. The third-order valence-corrected chi connectivity index (χ3v) is 2.86. The number of carbonyl (C=O) groups is 2. The summed E-state index contributed by atoms with van der Waals surface area (Å²) < 4.78 is 0. The number of amides is 1. The second kappa shape index (κ2) is 5.30. The van der Waals surface area contributed by atoms with Crippen LogP contribution in [-0.4, -0.2) is 40.5 Å². The maximum absolute atomic E-state index is 11.9. The summed E-state index contributed by atoms with van der Waals surface area (Å²) >= 11 is 0. The highest BCUT2D eigenvalue weighted by atomic mass is 16.4. The van der Waals surface area contributed by atoms with Gasteiger partial charge in [-0.3, -0.25) is 4.79 Å². The van der Waals surface area contributed by atoms with Gasteiger partial charge in [0, 0.05) is 6.54 Å². The molecule has 1 amide bonds. The van der Waals surface area contributed by atoms with Gasteiger partial charge in [0.25, 0.3) is 0 Å². The van der Waals surface area contributed by atoms with Crippen molar-refractivity contribution in [3.8, 4) is 0 Å². The zero-order valence-corrected chi connectivity index (χ0v) is 9.85. The van der Waals surface area contributed by atoms with Crippen molar-refractivity contribution in [1.82, 2.24) is 4.90 Å². The number of hydrogen-bond donors (Lipinski definition) is 2. The SMILES string of the molecule is CC(C)CC(N)C(=O)N1CCC[C@H]1C(=O)O. The molecule has 0 aromatic heterocycles. The van der Waals surface area contributed by atoms with Gasteiger partial charge in [-0.2, -0.15) is 0 Å². The maximum atomic E-state index is 11.9. The van der Waals surface area contributed by atoms with Gasteiger partial charge in [-0.15, -0.1) is 0 Å². The second-order valence-corrected chi connectivity index (χ2v) is 4.76. The molecular formula is C11H20N2O3. The molecule has 1 heterocycles. The normalized spacial score (nSPS) is 22.5. The van der Waals surface area contributed by atoms with Gasteiger partial charge in [0.1, 0.15) is 6.04 Å². The zero-order chi connectivity index (χ0) is 12.3. The molecule has 0 bridgehead atoms. The quantitative estimate of drug-likeness (QED) is 0.731. The molecule has 2 atom stereocenters. The zero-order valence-electron chi connectivity index (χ0n) is 9.85. The molecule has 1 fully saturated rings. The molecule has 1 rings (SSSR count). The number of likely N-dealkylation sites (tertiary alicyclic amines) is 1. The number of nitrogens with two attached hydrogens (primary N) is 1. The first kappa shape index (κ1) is 13.0. The Morgan fingerprint density at radius 2 is 2.12 bits per heavy atom. The van der Waals surface area contributed by atoms with Crippen molar-refractivity contribution in [2.75, 3.05) is 6.54 Å². The van der Waals surface area contributed by atoms with E-state index in [1.165, 1.54) is 4.90 Å². The fourth-order valence-electron chi connectivity index (χ4n) is 2.11. The summed E-state index contributed by atoms with van der Waals surface area (Å²) in [5, 5.41) is 8.96. The fourth-order valence-corrected chi connectivity index (χ4v) is 2.11. The first-order chi connectivity index (χ1) is 7.43. The molecule has 0 aliphatic carbocycles. The Kier molecular flexibility index (Phi) is 4.29. The third kappa shape index (κ3) is 2.95. The van der Waals surface area contributed by atoms with E-state index >= 15 is 0 Å². The van der Waals surface area contributed by atoms with Crippen LogP contribution in [0, 0.1) is 5.92 Å². The molecule has 0 aromatic carbocycles. The Labute approximate surface area is 95.6 Å². The highest BCUT2D eigenvalue weighted by molar-refractivity contribution is 5.87. The largest absolute Gasteiger partial charge is 0.480 e. The van der Waals surface area contributed by atoms with Crippen LogP contribution < -0.4 is 5.73 Å². The molecule has 5 nitrogen and oxygen atoms in total. The molecule has 0 aromatic rings. The average molecular weight is 228 g/mol. The van der Waals surface area contributed by atoms with Crippen molar-refractivity contribution in [2.24, 2.45) is 11.7 Å². The summed E-state index contributed by atoms with van der Waals surface area (Å²) in [4.78, 5) is 24.3. The number of nitrogens with zero attached hydrogens (tertiary/aromatic N) is 1. The third-order valence-electron chi connectivity index (χ3n) is 2.86. The standard InChI is InChI=1S/C11H20N2O3/c1-7(2)6-8(12)10(14)13-5-3-4-9(13)11(15)16/h7-9H,3-6,12H2,1-2H3,(H,15,16)/t8?,9-/m0/s1. The lowest BCUT2D eigenvalue weighted by Crippen LogP contribution is -2.48. The Morgan fingerprint density at radius 1 is 1.50 bits per heavy atom. The smallest absolute Gasteiger partial charge is 0.326 e. The van der Waals surface area contributed by atoms with Crippen LogP contribution in [0.1, 0.15) is 33.1 Å². The molecule has 16 heavy (non-hydrogen) atoms. The molecule has 0 saturated carbocycles. The van der Waals surface area contributed by atoms with Crippen molar-refractivity contribution >= 4 is 11.9 Å². The minimum Gasteiger partial charge on any atom is -0.480 e. The van der Waals surface area contributed by atoms with E-state index in [-0.39, 0.29) is 5.91 Å².